The summed E-state index contributed by atoms with van der Waals surface area (Å²) in [5.74, 6) is 2.17. The Morgan fingerprint density at radius 2 is 1.13 bits per heavy atom. The molecule has 0 saturated heterocycles. The largest absolute Gasteiger partial charge is 0.485 e. The molecule has 0 aliphatic rings. The minimum Gasteiger partial charge on any atom is -0.485 e. The molecule has 0 fully saturated rings. The first-order chi connectivity index (χ1) is 21.7. The van der Waals surface area contributed by atoms with E-state index in [-0.39, 0.29) is 18.6 Å². The zero-order chi connectivity index (χ0) is 31.3. The van der Waals surface area contributed by atoms with Crippen molar-refractivity contribution in [3.63, 3.8) is 0 Å². The van der Waals surface area contributed by atoms with E-state index >= 15 is 0 Å². The molecule has 0 amide bonds. The Balaban J connectivity index is 1.11. The number of halogens is 3. The van der Waals surface area contributed by atoms with Crippen molar-refractivity contribution in [1.29, 1.82) is 0 Å². The van der Waals surface area contributed by atoms with E-state index in [2.05, 4.69) is 51.4 Å². The number of rotatable bonds is 8. The fourth-order valence-electron chi connectivity index (χ4n) is 4.62. The second kappa shape index (κ2) is 11.8. The molecule has 0 radical (unpaired) electrons. The van der Waals surface area contributed by atoms with Gasteiger partial charge in [-0.25, -0.2) is 0 Å². The van der Waals surface area contributed by atoms with Crippen molar-refractivity contribution in [1.82, 2.24) is 39.6 Å². The number of hydrogen-bond acceptors (Lipinski definition) is 10. The highest BCUT2D eigenvalue weighted by Crippen LogP contribution is 2.40. The summed E-state index contributed by atoms with van der Waals surface area (Å²) in [6.45, 7) is 6.50. The minimum atomic E-state index is -0.295. The number of fused-ring (bicyclic) bond motifs is 2. The third-order valence-electron chi connectivity index (χ3n) is 6.88. The normalized spacial score (nSPS) is 12.0. The third kappa shape index (κ3) is 5.84. The highest BCUT2D eigenvalue weighted by molar-refractivity contribution is 7.20. The lowest BCUT2D eigenvalue weighted by molar-refractivity contribution is 0.277. The zero-order valence-corrected chi connectivity index (χ0v) is 27.9. The SMILES string of the molecule is CC(C)(C)c1cc(OCc2nnc3sc(-c4ccccc4Cl)nn23)c(Cl)cc1OCc1nnc2sc(-c3ccccc3Cl)nn12. The highest BCUT2D eigenvalue weighted by Gasteiger charge is 2.24. The van der Waals surface area contributed by atoms with E-state index < -0.39 is 0 Å². The topological polar surface area (TPSA) is 105 Å². The standard InChI is InChI=1S/C30H23Cl3N8O2S2/c1-30(2,3)18-12-23(43-15-25-35-37-29-41(25)39-27(45-29)17-9-5-7-11-20(17)32)21(33)13-22(18)42-14-24-34-36-28-40(24)38-26(44-28)16-8-4-6-10-19(16)31/h4-13H,14-15H2,1-3H3. The molecule has 4 heterocycles. The Hall–Kier alpha value is -3.81. The summed E-state index contributed by atoms with van der Waals surface area (Å²) >= 11 is 22.3. The number of aromatic nitrogens is 8. The van der Waals surface area contributed by atoms with Gasteiger partial charge in [-0.15, -0.1) is 20.4 Å². The van der Waals surface area contributed by atoms with E-state index in [1.807, 2.05) is 54.6 Å². The van der Waals surface area contributed by atoms with Crippen LogP contribution in [0.2, 0.25) is 15.1 Å². The van der Waals surface area contributed by atoms with Gasteiger partial charge in [0.2, 0.25) is 9.92 Å². The Morgan fingerprint density at radius 3 is 1.62 bits per heavy atom. The van der Waals surface area contributed by atoms with Gasteiger partial charge in [-0.1, -0.05) is 115 Å². The fraction of sp³-hybridized carbons (Fsp3) is 0.200. The second-order valence-electron chi connectivity index (χ2n) is 11.0. The highest BCUT2D eigenvalue weighted by atomic mass is 35.5. The first-order valence-corrected chi connectivity index (χ1v) is 16.4. The van der Waals surface area contributed by atoms with Crippen LogP contribution in [0.5, 0.6) is 11.5 Å². The van der Waals surface area contributed by atoms with E-state index in [4.69, 9.17) is 44.3 Å². The van der Waals surface area contributed by atoms with Crippen LogP contribution in [0.3, 0.4) is 0 Å². The van der Waals surface area contributed by atoms with Crippen LogP contribution in [0.4, 0.5) is 0 Å². The smallest absolute Gasteiger partial charge is 0.235 e. The quantitative estimate of drug-likeness (QED) is 0.156. The predicted octanol–water partition coefficient (Wildman–Crippen LogP) is 8.43. The molecule has 0 unspecified atom stereocenters. The fourth-order valence-corrected chi connectivity index (χ4v) is 7.18. The van der Waals surface area contributed by atoms with Crippen molar-refractivity contribution < 1.29 is 9.47 Å². The van der Waals surface area contributed by atoms with Crippen molar-refractivity contribution in [2.45, 2.75) is 39.4 Å². The van der Waals surface area contributed by atoms with Crippen molar-refractivity contribution in [2.24, 2.45) is 0 Å². The van der Waals surface area contributed by atoms with Crippen LogP contribution in [0.1, 0.15) is 38.0 Å². The number of benzene rings is 3. The van der Waals surface area contributed by atoms with Gasteiger partial charge in [-0.3, -0.25) is 0 Å². The molecule has 0 aliphatic heterocycles. The maximum atomic E-state index is 6.72. The van der Waals surface area contributed by atoms with Crippen LogP contribution in [0.25, 0.3) is 31.1 Å². The van der Waals surface area contributed by atoms with Crippen LogP contribution in [0, 0.1) is 0 Å². The summed E-state index contributed by atoms with van der Waals surface area (Å²) in [5.41, 5.74) is 2.27. The molecule has 45 heavy (non-hydrogen) atoms. The molecule has 0 atom stereocenters. The molecule has 7 rings (SSSR count). The molecule has 10 nitrogen and oxygen atoms in total. The van der Waals surface area contributed by atoms with Crippen LogP contribution in [-0.2, 0) is 18.6 Å². The average Bonchev–Trinajstić information content (AvgIpc) is 3.78. The van der Waals surface area contributed by atoms with E-state index in [9.17, 15) is 0 Å². The molecule has 0 spiro atoms. The van der Waals surface area contributed by atoms with E-state index in [0.717, 1.165) is 26.7 Å². The van der Waals surface area contributed by atoms with Gasteiger partial charge in [0.15, 0.2) is 11.6 Å². The molecule has 3 aromatic carbocycles. The Bertz CT molecular complexity index is 2180. The van der Waals surface area contributed by atoms with Crippen LogP contribution in [-0.4, -0.2) is 39.6 Å². The van der Waals surface area contributed by atoms with Gasteiger partial charge in [0.1, 0.15) is 34.7 Å². The van der Waals surface area contributed by atoms with Crippen LogP contribution < -0.4 is 9.47 Å². The monoisotopic (exact) mass is 696 g/mol. The van der Waals surface area contributed by atoms with Gasteiger partial charge >= 0.3 is 0 Å². The molecular formula is C30H23Cl3N8O2S2. The van der Waals surface area contributed by atoms with Gasteiger partial charge in [0.05, 0.1) is 15.1 Å². The first-order valence-electron chi connectivity index (χ1n) is 13.7. The van der Waals surface area contributed by atoms with Crippen LogP contribution in [0.15, 0.2) is 60.7 Å². The van der Waals surface area contributed by atoms with Gasteiger partial charge < -0.3 is 9.47 Å². The lowest BCUT2D eigenvalue weighted by Crippen LogP contribution is -2.15. The lowest BCUT2D eigenvalue weighted by Gasteiger charge is -2.24. The Labute approximate surface area is 280 Å². The minimum absolute atomic E-state index is 0.103. The van der Waals surface area contributed by atoms with Crippen molar-refractivity contribution in [3.05, 3.63) is 92.9 Å². The summed E-state index contributed by atoms with van der Waals surface area (Å²) in [7, 11) is 0. The molecule has 0 N–H and O–H groups in total. The van der Waals surface area contributed by atoms with Gasteiger partial charge in [0.25, 0.3) is 0 Å². The third-order valence-corrected chi connectivity index (χ3v) is 9.69. The van der Waals surface area contributed by atoms with E-state index in [0.29, 0.717) is 48.1 Å². The summed E-state index contributed by atoms with van der Waals surface area (Å²) < 4.78 is 15.8. The lowest BCUT2D eigenvalue weighted by atomic mass is 9.86. The average molecular weight is 698 g/mol. The molecular weight excluding hydrogens is 675 g/mol. The maximum absolute atomic E-state index is 6.72. The summed E-state index contributed by atoms with van der Waals surface area (Å²) in [6, 6.07) is 18.7. The second-order valence-corrected chi connectivity index (χ2v) is 14.1. The van der Waals surface area contributed by atoms with E-state index in [1.165, 1.54) is 22.7 Å². The molecule has 7 aromatic rings. The van der Waals surface area contributed by atoms with Crippen molar-refractivity contribution in [3.8, 4) is 32.6 Å². The Morgan fingerprint density at radius 1 is 0.644 bits per heavy atom. The van der Waals surface area contributed by atoms with Gasteiger partial charge in [0, 0.05) is 22.8 Å². The maximum Gasteiger partial charge on any atom is 0.235 e. The molecule has 4 aromatic heterocycles. The summed E-state index contributed by atoms with van der Waals surface area (Å²) in [5, 5.41) is 29.6. The van der Waals surface area contributed by atoms with E-state index in [1.54, 1.807) is 15.1 Å². The molecule has 228 valence electrons. The predicted molar refractivity (Wildman–Crippen MR) is 177 cm³/mol. The van der Waals surface area contributed by atoms with Crippen molar-refractivity contribution in [2.75, 3.05) is 0 Å². The van der Waals surface area contributed by atoms with Crippen molar-refractivity contribution >= 4 is 67.4 Å². The van der Waals surface area contributed by atoms with Gasteiger partial charge in [-0.05, 0) is 23.6 Å². The number of hydrogen-bond donors (Lipinski definition) is 0. The molecule has 0 bridgehead atoms. The number of ether oxygens (including phenoxy) is 2. The summed E-state index contributed by atoms with van der Waals surface area (Å²) in [4.78, 5) is 1.28. The Kier molecular flexibility index (Phi) is 7.86. The van der Waals surface area contributed by atoms with Gasteiger partial charge in [-0.2, -0.15) is 19.2 Å². The first kappa shape index (κ1) is 29.9. The zero-order valence-electron chi connectivity index (χ0n) is 24.0. The number of nitrogens with zero attached hydrogens (tertiary/aromatic N) is 8. The molecule has 15 heteroatoms. The summed E-state index contributed by atoms with van der Waals surface area (Å²) in [6.07, 6.45) is 0. The molecule has 0 saturated carbocycles. The molecule has 0 aliphatic carbocycles. The van der Waals surface area contributed by atoms with Crippen LogP contribution >= 0.6 is 57.5 Å².